The van der Waals surface area contributed by atoms with Crippen molar-refractivity contribution in [2.75, 3.05) is 13.1 Å². The lowest BCUT2D eigenvalue weighted by Crippen LogP contribution is -2.57. The van der Waals surface area contributed by atoms with Crippen LogP contribution in [0.4, 0.5) is 4.79 Å². The summed E-state index contributed by atoms with van der Waals surface area (Å²) >= 11 is 0. The minimum atomic E-state index is -1.25. The Morgan fingerprint density at radius 1 is 1.22 bits per heavy atom. The van der Waals surface area contributed by atoms with E-state index in [1.807, 2.05) is 30.3 Å². The second-order valence-corrected chi connectivity index (χ2v) is 5.68. The van der Waals surface area contributed by atoms with Gasteiger partial charge in [-0.1, -0.05) is 30.3 Å². The largest absolute Gasteiger partial charge is 0.446 e. The van der Waals surface area contributed by atoms with Crippen LogP contribution in [0.3, 0.4) is 0 Å². The van der Waals surface area contributed by atoms with Gasteiger partial charge in [0.2, 0.25) is 5.78 Å². The third-order valence-corrected chi connectivity index (χ3v) is 4.03. The van der Waals surface area contributed by atoms with Gasteiger partial charge in [-0.25, -0.2) is 9.59 Å². The van der Waals surface area contributed by atoms with Crippen molar-refractivity contribution in [3.63, 3.8) is 0 Å². The Morgan fingerprint density at radius 2 is 2.00 bits per heavy atom. The SMILES string of the molecule is O=C1C=CC(=O)C2(CCCN(C(=O)OCc3ccccc3)C2)O1. The second kappa shape index (κ2) is 6.24. The molecule has 0 saturated carbocycles. The molecule has 0 aliphatic carbocycles. The first-order valence-electron chi connectivity index (χ1n) is 7.50. The van der Waals surface area contributed by atoms with Gasteiger partial charge in [-0.15, -0.1) is 0 Å². The van der Waals surface area contributed by atoms with E-state index >= 15 is 0 Å². The minimum absolute atomic E-state index is 0.0372. The van der Waals surface area contributed by atoms with Gasteiger partial charge in [-0.3, -0.25) is 4.79 Å². The number of hydrogen-bond acceptors (Lipinski definition) is 5. The summed E-state index contributed by atoms with van der Waals surface area (Å²) < 4.78 is 10.5. The number of ether oxygens (including phenoxy) is 2. The molecule has 1 aromatic rings. The molecule has 1 amide bonds. The van der Waals surface area contributed by atoms with Crippen molar-refractivity contribution < 1.29 is 23.9 Å². The fourth-order valence-electron chi connectivity index (χ4n) is 2.85. The highest BCUT2D eigenvalue weighted by molar-refractivity contribution is 6.06. The highest BCUT2D eigenvalue weighted by atomic mass is 16.6. The van der Waals surface area contributed by atoms with Crippen molar-refractivity contribution in [1.29, 1.82) is 0 Å². The van der Waals surface area contributed by atoms with Crippen LogP contribution in [-0.2, 0) is 25.7 Å². The van der Waals surface area contributed by atoms with E-state index < -0.39 is 17.7 Å². The average Bonchev–Trinajstić information content (AvgIpc) is 2.57. The Balaban J connectivity index is 1.64. The van der Waals surface area contributed by atoms with Crippen molar-refractivity contribution in [2.24, 2.45) is 0 Å². The zero-order valence-electron chi connectivity index (χ0n) is 12.6. The Kier molecular flexibility index (Phi) is 4.14. The predicted molar refractivity (Wildman–Crippen MR) is 80.4 cm³/mol. The van der Waals surface area contributed by atoms with Gasteiger partial charge >= 0.3 is 12.1 Å². The average molecular weight is 315 g/mol. The monoisotopic (exact) mass is 315 g/mol. The Bertz CT molecular complexity index is 654. The van der Waals surface area contributed by atoms with E-state index in [2.05, 4.69) is 0 Å². The number of carbonyl (C=O) groups excluding carboxylic acids is 3. The number of benzene rings is 1. The summed E-state index contributed by atoms with van der Waals surface area (Å²) in [4.78, 5) is 37.2. The molecular formula is C17H17NO5. The van der Waals surface area contributed by atoms with Crippen LogP contribution in [0.5, 0.6) is 0 Å². The van der Waals surface area contributed by atoms with Gasteiger partial charge in [0.15, 0.2) is 5.60 Å². The number of rotatable bonds is 2. The van der Waals surface area contributed by atoms with Crippen LogP contribution in [-0.4, -0.2) is 41.4 Å². The molecule has 23 heavy (non-hydrogen) atoms. The van der Waals surface area contributed by atoms with Gasteiger partial charge in [-0.2, -0.15) is 0 Å². The van der Waals surface area contributed by atoms with Crippen LogP contribution >= 0.6 is 0 Å². The molecule has 0 aromatic heterocycles. The van der Waals surface area contributed by atoms with Gasteiger partial charge in [0.05, 0.1) is 6.54 Å². The molecule has 1 saturated heterocycles. The van der Waals surface area contributed by atoms with Gasteiger partial charge in [-0.05, 0) is 24.5 Å². The van der Waals surface area contributed by atoms with Crippen molar-refractivity contribution >= 4 is 17.8 Å². The predicted octanol–water partition coefficient (Wildman–Crippen LogP) is 1.84. The molecule has 120 valence electrons. The Hall–Kier alpha value is -2.63. The first-order valence-corrected chi connectivity index (χ1v) is 7.50. The molecule has 0 radical (unpaired) electrons. The summed E-state index contributed by atoms with van der Waals surface area (Å²) in [6.07, 6.45) is 2.83. The lowest BCUT2D eigenvalue weighted by Gasteiger charge is -2.40. The van der Waals surface area contributed by atoms with Crippen molar-refractivity contribution in [2.45, 2.75) is 25.0 Å². The van der Waals surface area contributed by atoms with E-state index in [0.29, 0.717) is 19.4 Å². The van der Waals surface area contributed by atoms with E-state index in [0.717, 1.165) is 11.6 Å². The molecule has 6 nitrogen and oxygen atoms in total. The molecule has 2 heterocycles. The topological polar surface area (TPSA) is 72.9 Å². The van der Waals surface area contributed by atoms with Gasteiger partial charge in [0, 0.05) is 12.6 Å². The summed E-state index contributed by atoms with van der Waals surface area (Å²) in [5.74, 6) is -0.832. The second-order valence-electron chi connectivity index (χ2n) is 5.68. The lowest BCUT2D eigenvalue weighted by molar-refractivity contribution is -0.168. The third kappa shape index (κ3) is 3.26. The van der Waals surface area contributed by atoms with Crippen molar-refractivity contribution in [3.05, 3.63) is 48.0 Å². The molecule has 1 fully saturated rings. The maximum absolute atomic E-state index is 12.2. The molecule has 2 aliphatic heterocycles. The first kappa shape index (κ1) is 15.3. The molecule has 0 N–H and O–H groups in total. The number of carbonyl (C=O) groups is 3. The Labute approximate surface area is 133 Å². The van der Waals surface area contributed by atoms with Gasteiger partial charge < -0.3 is 14.4 Å². The van der Waals surface area contributed by atoms with Gasteiger partial charge in [0.1, 0.15) is 6.61 Å². The summed E-state index contributed by atoms with van der Waals surface area (Å²) in [5.41, 5.74) is -0.369. The maximum Gasteiger partial charge on any atom is 0.410 e. The number of esters is 1. The summed E-state index contributed by atoms with van der Waals surface area (Å²) in [7, 11) is 0. The standard InChI is InChI=1S/C17H17NO5/c19-14-7-8-15(20)23-17(14)9-4-10-18(12-17)16(21)22-11-13-5-2-1-3-6-13/h1-3,5-8H,4,9-12H2. The zero-order chi connectivity index (χ0) is 16.3. The van der Waals surface area contributed by atoms with Crippen LogP contribution in [0.15, 0.2) is 42.5 Å². The number of piperidine rings is 1. The summed E-state index contributed by atoms with van der Waals surface area (Å²) in [6, 6.07) is 9.35. The molecule has 6 heteroatoms. The minimum Gasteiger partial charge on any atom is -0.446 e. The van der Waals surface area contributed by atoms with Crippen LogP contribution in [0.2, 0.25) is 0 Å². The third-order valence-electron chi connectivity index (χ3n) is 4.03. The van der Waals surface area contributed by atoms with Crippen LogP contribution in [0.1, 0.15) is 18.4 Å². The summed E-state index contributed by atoms with van der Waals surface area (Å²) in [5, 5.41) is 0. The molecule has 1 aromatic carbocycles. The fraction of sp³-hybridized carbons (Fsp3) is 0.353. The number of ketones is 1. The van der Waals surface area contributed by atoms with E-state index in [1.54, 1.807) is 0 Å². The summed E-state index contributed by atoms with van der Waals surface area (Å²) in [6.45, 7) is 0.677. The highest BCUT2D eigenvalue weighted by Gasteiger charge is 2.47. The smallest absolute Gasteiger partial charge is 0.410 e. The quantitative estimate of drug-likeness (QED) is 0.779. The molecule has 0 bridgehead atoms. The van der Waals surface area contributed by atoms with Crippen LogP contribution in [0.25, 0.3) is 0 Å². The van der Waals surface area contributed by atoms with Crippen LogP contribution < -0.4 is 0 Å². The maximum atomic E-state index is 12.2. The molecule has 1 atom stereocenters. The molecule has 3 rings (SSSR count). The first-order chi connectivity index (χ1) is 11.1. The number of nitrogens with zero attached hydrogens (tertiary/aromatic N) is 1. The molecule has 1 unspecified atom stereocenters. The van der Waals surface area contributed by atoms with E-state index in [1.165, 1.54) is 11.0 Å². The van der Waals surface area contributed by atoms with Crippen LogP contribution in [0, 0.1) is 0 Å². The molecule has 1 spiro atoms. The van der Waals surface area contributed by atoms with Crippen molar-refractivity contribution in [1.82, 2.24) is 4.90 Å². The van der Waals surface area contributed by atoms with E-state index in [-0.39, 0.29) is 18.9 Å². The van der Waals surface area contributed by atoms with Gasteiger partial charge in [0.25, 0.3) is 0 Å². The Morgan fingerprint density at radius 3 is 2.78 bits per heavy atom. The normalized spacial score (nSPS) is 23.7. The molecule has 2 aliphatic rings. The van der Waals surface area contributed by atoms with E-state index in [9.17, 15) is 14.4 Å². The zero-order valence-corrected chi connectivity index (χ0v) is 12.6. The lowest BCUT2D eigenvalue weighted by atomic mass is 9.87. The number of likely N-dealkylation sites (tertiary alicyclic amines) is 1. The number of amides is 1. The number of hydrogen-bond donors (Lipinski definition) is 0. The van der Waals surface area contributed by atoms with Crippen molar-refractivity contribution in [3.8, 4) is 0 Å². The molecular weight excluding hydrogens is 298 g/mol. The fourth-order valence-corrected chi connectivity index (χ4v) is 2.85. The highest BCUT2D eigenvalue weighted by Crippen LogP contribution is 2.29. The van der Waals surface area contributed by atoms with E-state index in [4.69, 9.17) is 9.47 Å².